The molecule has 0 aromatic rings. The highest BCUT2D eigenvalue weighted by atomic mass is 16.3. The number of aliphatic hydroxyl groups excluding tert-OH is 1. The third-order valence-electron chi connectivity index (χ3n) is 0.994. The average molecular weight is 128 g/mol. The van der Waals surface area contributed by atoms with Crippen LogP contribution in [0.4, 0.5) is 0 Å². The fourth-order valence-electron chi connectivity index (χ4n) is 0.541. The number of carbonyl (C=O) groups excluding carboxylic acids is 1. The molecule has 2 heteroatoms. The van der Waals surface area contributed by atoms with Crippen LogP contribution in [0.3, 0.4) is 0 Å². The van der Waals surface area contributed by atoms with Gasteiger partial charge in [-0.2, -0.15) is 0 Å². The van der Waals surface area contributed by atoms with Gasteiger partial charge in [-0.05, 0) is 13.3 Å². The summed E-state index contributed by atoms with van der Waals surface area (Å²) in [6.45, 7) is 4.84. The normalized spacial score (nSPS) is 9.00. The van der Waals surface area contributed by atoms with Crippen molar-refractivity contribution >= 4 is 5.78 Å². The van der Waals surface area contributed by atoms with Crippen LogP contribution in [-0.4, -0.2) is 10.9 Å². The van der Waals surface area contributed by atoms with Crippen LogP contribution in [0.25, 0.3) is 0 Å². The van der Waals surface area contributed by atoms with Gasteiger partial charge >= 0.3 is 0 Å². The van der Waals surface area contributed by atoms with Crippen LogP contribution in [0.1, 0.15) is 26.2 Å². The number of allylic oxidation sites excluding steroid dienone is 1. The van der Waals surface area contributed by atoms with Gasteiger partial charge in [-0.1, -0.05) is 6.58 Å². The summed E-state index contributed by atoms with van der Waals surface area (Å²) in [4.78, 5) is 10.3. The van der Waals surface area contributed by atoms with E-state index in [-0.39, 0.29) is 11.5 Å². The Morgan fingerprint density at radius 2 is 2.11 bits per heavy atom. The number of carbonyl (C=O) groups is 1. The van der Waals surface area contributed by atoms with Crippen LogP contribution in [0.15, 0.2) is 12.3 Å². The van der Waals surface area contributed by atoms with E-state index in [1.165, 1.54) is 0 Å². The van der Waals surface area contributed by atoms with Crippen molar-refractivity contribution < 1.29 is 9.90 Å². The summed E-state index contributed by atoms with van der Waals surface area (Å²) in [5.74, 6) is 0.326. The van der Waals surface area contributed by atoms with E-state index in [9.17, 15) is 4.79 Å². The maximum Gasteiger partial charge on any atom is 0.129 e. The largest absolute Gasteiger partial charge is 0.513 e. The monoisotopic (exact) mass is 128 g/mol. The third-order valence-corrected chi connectivity index (χ3v) is 0.994. The molecule has 0 unspecified atom stereocenters. The first-order chi connectivity index (χ1) is 4.13. The van der Waals surface area contributed by atoms with E-state index in [2.05, 4.69) is 6.58 Å². The molecule has 0 aromatic heterocycles. The van der Waals surface area contributed by atoms with Crippen LogP contribution in [0.2, 0.25) is 0 Å². The van der Waals surface area contributed by atoms with Crippen molar-refractivity contribution in [1.82, 2.24) is 0 Å². The molecular formula is C7H12O2. The maximum absolute atomic E-state index is 10.3. The van der Waals surface area contributed by atoms with Crippen molar-refractivity contribution in [1.29, 1.82) is 0 Å². The fourth-order valence-corrected chi connectivity index (χ4v) is 0.541. The molecule has 0 aliphatic heterocycles. The number of aliphatic hydroxyl groups is 1. The van der Waals surface area contributed by atoms with Gasteiger partial charge in [0, 0.05) is 12.8 Å². The summed E-state index contributed by atoms with van der Waals surface area (Å²) >= 11 is 0. The number of rotatable bonds is 4. The molecule has 0 saturated carbocycles. The summed E-state index contributed by atoms with van der Waals surface area (Å²) in [5.41, 5.74) is 0. The summed E-state index contributed by atoms with van der Waals surface area (Å²) < 4.78 is 0. The van der Waals surface area contributed by atoms with Crippen molar-refractivity contribution in [3.8, 4) is 0 Å². The molecule has 0 heterocycles. The standard InChI is InChI=1S/C7H12O2/c1-6(8)4-3-5-7(2)9/h8H,1,3-5H2,2H3. The van der Waals surface area contributed by atoms with Gasteiger partial charge in [-0.3, -0.25) is 0 Å². The molecule has 0 aliphatic rings. The minimum absolute atomic E-state index is 0.163. The first-order valence-corrected chi connectivity index (χ1v) is 2.99. The second-order valence-corrected chi connectivity index (χ2v) is 2.12. The van der Waals surface area contributed by atoms with Crippen LogP contribution in [0.5, 0.6) is 0 Å². The summed E-state index contributed by atoms with van der Waals surface area (Å²) in [6, 6.07) is 0. The second-order valence-electron chi connectivity index (χ2n) is 2.12. The van der Waals surface area contributed by atoms with Gasteiger partial charge in [0.1, 0.15) is 5.78 Å². The molecule has 0 spiro atoms. The Kier molecular flexibility index (Phi) is 3.76. The van der Waals surface area contributed by atoms with Crippen LogP contribution >= 0.6 is 0 Å². The highest BCUT2D eigenvalue weighted by molar-refractivity contribution is 5.75. The molecule has 0 saturated heterocycles. The van der Waals surface area contributed by atoms with Gasteiger partial charge in [0.2, 0.25) is 0 Å². The predicted molar refractivity (Wildman–Crippen MR) is 36.3 cm³/mol. The van der Waals surface area contributed by atoms with Gasteiger partial charge in [-0.25, -0.2) is 0 Å². The summed E-state index contributed by atoms with van der Waals surface area (Å²) in [6.07, 6.45) is 1.80. The van der Waals surface area contributed by atoms with Gasteiger partial charge in [0.15, 0.2) is 0 Å². The zero-order chi connectivity index (χ0) is 7.28. The van der Waals surface area contributed by atoms with Crippen LogP contribution in [0, 0.1) is 0 Å². The molecule has 2 nitrogen and oxygen atoms in total. The molecule has 0 amide bonds. The SMILES string of the molecule is C=C(O)CCCC(C)=O. The zero-order valence-electron chi connectivity index (χ0n) is 5.68. The van der Waals surface area contributed by atoms with Crippen molar-refractivity contribution in [2.24, 2.45) is 0 Å². The Labute approximate surface area is 55.2 Å². The second kappa shape index (κ2) is 4.13. The lowest BCUT2D eigenvalue weighted by atomic mass is 10.2. The number of Topliss-reactive ketones (excluding diaryl/α,β-unsaturated/α-hetero) is 1. The minimum Gasteiger partial charge on any atom is -0.513 e. The molecule has 0 fully saturated rings. The Morgan fingerprint density at radius 1 is 1.56 bits per heavy atom. The molecule has 52 valence electrons. The first-order valence-electron chi connectivity index (χ1n) is 2.99. The number of hydrogen-bond acceptors (Lipinski definition) is 2. The van der Waals surface area contributed by atoms with E-state index < -0.39 is 0 Å². The number of hydrogen-bond donors (Lipinski definition) is 1. The lowest BCUT2D eigenvalue weighted by Gasteiger charge is -1.93. The highest BCUT2D eigenvalue weighted by Gasteiger charge is 1.93. The number of ketones is 1. The van der Waals surface area contributed by atoms with Crippen LogP contribution in [-0.2, 0) is 4.79 Å². The molecule has 9 heavy (non-hydrogen) atoms. The summed E-state index contributed by atoms with van der Waals surface area (Å²) in [5, 5.41) is 8.56. The van der Waals surface area contributed by atoms with E-state index in [1.54, 1.807) is 6.92 Å². The Morgan fingerprint density at radius 3 is 2.44 bits per heavy atom. The lowest BCUT2D eigenvalue weighted by Crippen LogP contribution is -1.89. The molecule has 1 N–H and O–H groups in total. The minimum atomic E-state index is 0.163. The first kappa shape index (κ1) is 8.21. The van der Waals surface area contributed by atoms with Gasteiger partial charge < -0.3 is 9.90 Å². The molecule has 0 bridgehead atoms. The van der Waals surface area contributed by atoms with E-state index in [4.69, 9.17) is 5.11 Å². The van der Waals surface area contributed by atoms with Gasteiger partial charge in [0.25, 0.3) is 0 Å². The average Bonchev–Trinajstić information content (AvgIpc) is 1.63. The van der Waals surface area contributed by atoms with Gasteiger partial charge in [-0.15, -0.1) is 0 Å². The van der Waals surface area contributed by atoms with E-state index >= 15 is 0 Å². The van der Waals surface area contributed by atoms with E-state index in [0.29, 0.717) is 19.3 Å². The van der Waals surface area contributed by atoms with Crippen molar-refractivity contribution in [3.05, 3.63) is 12.3 Å². The quantitative estimate of drug-likeness (QED) is 0.586. The van der Waals surface area contributed by atoms with Gasteiger partial charge in [0.05, 0.1) is 5.76 Å². The Balaban J connectivity index is 3.10. The highest BCUT2D eigenvalue weighted by Crippen LogP contribution is 2.01. The maximum atomic E-state index is 10.3. The van der Waals surface area contributed by atoms with Crippen molar-refractivity contribution in [2.45, 2.75) is 26.2 Å². The Bertz CT molecular complexity index is 102. The summed E-state index contributed by atoms with van der Waals surface area (Å²) in [7, 11) is 0. The topological polar surface area (TPSA) is 37.3 Å². The molecule has 0 aliphatic carbocycles. The zero-order valence-corrected chi connectivity index (χ0v) is 5.68. The fraction of sp³-hybridized carbons (Fsp3) is 0.571. The van der Waals surface area contributed by atoms with Crippen molar-refractivity contribution in [2.75, 3.05) is 0 Å². The molecule has 0 aromatic carbocycles. The molecule has 0 radical (unpaired) electrons. The molecule has 0 atom stereocenters. The predicted octanol–water partition coefficient (Wildman–Crippen LogP) is 1.82. The smallest absolute Gasteiger partial charge is 0.129 e. The molecule has 0 rings (SSSR count). The Hall–Kier alpha value is -0.790. The third kappa shape index (κ3) is 7.21. The van der Waals surface area contributed by atoms with E-state index in [1.807, 2.05) is 0 Å². The van der Waals surface area contributed by atoms with E-state index in [0.717, 1.165) is 0 Å². The van der Waals surface area contributed by atoms with Crippen molar-refractivity contribution in [3.63, 3.8) is 0 Å². The van der Waals surface area contributed by atoms with Crippen LogP contribution < -0.4 is 0 Å². The molecular weight excluding hydrogens is 116 g/mol. The lowest BCUT2D eigenvalue weighted by molar-refractivity contribution is -0.117.